The molecule has 0 bridgehead atoms. The first-order valence-corrected chi connectivity index (χ1v) is 9.73. The molecule has 0 spiro atoms. The normalized spacial score (nSPS) is 26.8. The molecule has 3 rings (SSSR count). The number of carboxylic acid groups (broad SMARTS) is 1. The van der Waals surface area contributed by atoms with Gasteiger partial charge in [-0.15, -0.1) is 11.8 Å². The molecule has 2 fully saturated rings. The Morgan fingerprint density at radius 1 is 1.33 bits per heavy atom. The zero-order valence-corrected chi connectivity index (χ0v) is 14.7. The van der Waals surface area contributed by atoms with Crippen molar-refractivity contribution in [2.75, 3.05) is 18.1 Å². The van der Waals surface area contributed by atoms with Crippen LogP contribution in [0.1, 0.15) is 32.1 Å². The smallest absolute Gasteiger partial charge is 0.320 e. The Labute approximate surface area is 146 Å². The summed E-state index contributed by atoms with van der Waals surface area (Å²) in [6.45, 7) is 0.154. The summed E-state index contributed by atoms with van der Waals surface area (Å²) in [7, 11) is 0. The van der Waals surface area contributed by atoms with Gasteiger partial charge in [0, 0.05) is 16.6 Å². The van der Waals surface area contributed by atoms with Crippen molar-refractivity contribution in [3.8, 4) is 0 Å². The van der Waals surface area contributed by atoms with Gasteiger partial charge >= 0.3 is 5.97 Å². The number of carbonyl (C=O) groups excluding carboxylic acids is 1. The molecule has 24 heavy (non-hydrogen) atoms. The van der Waals surface area contributed by atoms with Gasteiger partial charge in [-0.05, 0) is 49.6 Å². The van der Waals surface area contributed by atoms with Crippen LogP contribution in [-0.4, -0.2) is 46.8 Å². The topological polar surface area (TPSA) is 69.6 Å². The Morgan fingerprint density at radius 2 is 2.12 bits per heavy atom. The number of benzene rings is 1. The summed E-state index contributed by atoms with van der Waals surface area (Å²) in [6, 6.07) is 7.41. The minimum atomic E-state index is -0.804. The van der Waals surface area contributed by atoms with Crippen molar-refractivity contribution < 1.29 is 14.7 Å². The largest absolute Gasteiger partial charge is 0.480 e. The van der Waals surface area contributed by atoms with Gasteiger partial charge in [-0.1, -0.05) is 18.9 Å². The number of aliphatic carboxylic acids is 1. The van der Waals surface area contributed by atoms with Gasteiger partial charge in [0.2, 0.25) is 5.91 Å². The van der Waals surface area contributed by atoms with Crippen molar-refractivity contribution in [3.63, 3.8) is 0 Å². The number of likely N-dealkylation sites (tertiary alicyclic amines) is 1. The lowest BCUT2D eigenvalue weighted by Crippen LogP contribution is -2.46. The minimum Gasteiger partial charge on any atom is -0.480 e. The molecule has 1 heterocycles. The lowest BCUT2D eigenvalue weighted by atomic mass is 9.85. The molecule has 3 atom stereocenters. The van der Waals surface area contributed by atoms with Crippen LogP contribution >= 0.6 is 11.8 Å². The second-order valence-electron chi connectivity index (χ2n) is 6.65. The molecular weight excluding hydrogens is 324 g/mol. The Kier molecular flexibility index (Phi) is 5.46. The average Bonchev–Trinajstić information content (AvgIpc) is 2.94. The van der Waals surface area contributed by atoms with Gasteiger partial charge in [0.25, 0.3) is 0 Å². The number of amides is 1. The van der Waals surface area contributed by atoms with E-state index in [9.17, 15) is 14.7 Å². The van der Waals surface area contributed by atoms with E-state index in [-0.39, 0.29) is 18.5 Å². The second-order valence-corrected chi connectivity index (χ2v) is 7.53. The van der Waals surface area contributed by atoms with E-state index in [4.69, 9.17) is 0 Å². The lowest BCUT2D eigenvalue weighted by molar-refractivity contribution is -0.143. The van der Waals surface area contributed by atoms with Crippen molar-refractivity contribution in [3.05, 3.63) is 24.3 Å². The quantitative estimate of drug-likeness (QED) is 0.801. The van der Waals surface area contributed by atoms with Crippen LogP contribution in [0.4, 0.5) is 5.69 Å². The Balaban J connectivity index is 1.68. The van der Waals surface area contributed by atoms with E-state index in [2.05, 4.69) is 5.32 Å². The molecule has 1 amide bonds. The zero-order valence-electron chi connectivity index (χ0n) is 13.9. The third-order valence-corrected chi connectivity index (χ3v) is 5.91. The molecule has 5 nitrogen and oxygen atoms in total. The number of thioether (sulfide) groups is 1. The highest BCUT2D eigenvalue weighted by Crippen LogP contribution is 2.39. The van der Waals surface area contributed by atoms with E-state index >= 15 is 0 Å². The number of carbonyl (C=O) groups is 2. The van der Waals surface area contributed by atoms with Crippen LogP contribution in [0.5, 0.6) is 0 Å². The Bertz CT molecular complexity index is 622. The number of hydrogen-bond donors (Lipinski definition) is 2. The SMILES string of the molecule is CSc1cccc(NC(=O)CN2C(C(=O)O)CC3CCCCC32)c1. The van der Waals surface area contributed by atoms with Crippen LogP contribution in [0.3, 0.4) is 0 Å². The number of nitrogens with zero attached hydrogens (tertiary/aromatic N) is 1. The van der Waals surface area contributed by atoms with Gasteiger partial charge in [-0.3, -0.25) is 14.5 Å². The molecule has 130 valence electrons. The monoisotopic (exact) mass is 348 g/mol. The third-order valence-electron chi connectivity index (χ3n) is 5.19. The van der Waals surface area contributed by atoms with Crippen LogP contribution in [0.15, 0.2) is 29.2 Å². The third kappa shape index (κ3) is 3.75. The molecule has 1 aliphatic heterocycles. The van der Waals surface area contributed by atoms with Crippen LogP contribution in [0.25, 0.3) is 0 Å². The van der Waals surface area contributed by atoms with Crippen molar-refractivity contribution in [2.24, 2.45) is 5.92 Å². The fourth-order valence-corrected chi connectivity index (χ4v) is 4.55. The minimum absolute atomic E-state index is 0.134. The molecule has 1 aromatic rings. The van der Waals surface area contributed by atoms with Crippen LogP contribution in [0.2, 0.25) is 0 Å². The van der Waals surface area contributed by atoms with E-state index in [1.54, 1.807) is 11.8 Å². The first-order valence-electron chi connectivity index (χ1n) is 8.51. The van der Waals surface area contributed by atoms with Gasteiger partial charge < -0.3 is 10.4 Å². The van der Waals surface area contributed by atoms with E-state index in [0.29, 0.717) is 12.3 Å². The number of hydrogen-bond acceptors (Lipinski definition) is 4. The number of rotatable bonds is 5. The number of anilines is 1. The molecule has 1 aliphatic carbocycles. The maximum Gasteiger partial charge on any atom is 0.320 e. The lowest BCUT2D eigenvalue weighted by Gasteiger charge is -2.32. The van der Waals surface area contributed by atoms with Crippen molar-refractivity contribution >= 4 is 29.3 Å². The predicted molar refractivity (Wildman–Crippen MR) is 95.3 cm³/mol. The highest BCUT2D eigenvalue weighted by atomic mass is 32.2. The summed E-state index contributed by atoms with van der Waals surface area (Å²) in [5.41, 5.74) is 0.762. The van der Waals surface area contributed by atoms with Gasteiger partial charge in [-0.2, -0.15) is 0 Å². The van der Waals surface area contributed by atoms with Crippen LogP contribution in [-0.2, 0) is 9.59 Å². The number of carboxylic acids is 1. The summed E-state index contributed by atoms with van der Waals surface area (Å²) in [5, 5.41) is 12.4. The summed E-state index contributed by atoms with van der Waals surface area (Å²) < 4.78 is 0. The average molecular weight is 348 g/mol. The predicted octanol–water partition coefficient (Wildman–Crippen LogP) is 3.06. The van der Waals surface area contributed by atoms with Crippen LogP contribution in [0, 0.1) is 5.92 Å². The van der Waals surface area contributed by atoms with Gasteiger partial charge in [0.05, 0.1) is 6.54 Å². The van der Waals surface area contributed by atoms with Crippen LogP contribution < -0.4 is 5.32 Å². The zero-order chi connectivity index (χ0) is 17.1. The molecule has 2 N–H and O–H groups in total. The summed E-state index contributed by atoms with van der Waals surface area (Å²) in [5.74, 6) is -0.514. The molecule has 0 aromatic heterocycles. The number of nitrogens with one attached hydrogen (secondary N) is 1. The standard InChI is InChI=1S/C18H24N2O3S/c1-24-14-7-4-6-13(10-14)19-17(21)11-20-15-8-3-2-5-12(15)9-16(20)18(22)23/h4,6-7,10,12,15-16H,2-3,5,8-9,11H2,1H3,(H,19,21)(H,22,23). The molecule has 1 saturated heterocycles. The summed E-state index contributed by atoms with van der Waals surface area (Å²) >= 11 is 1.62. The first kappa shape index (κ1) is 17.3. The first-order chi connectivity index (χ1) is 11.6. The second kappa shape index (κ2) is 7.57. The van der Waals surface area contributed by atoms with Gasteiger partial charge in [0.1, 0.15) is 6.04 Å². The maximum absolute atomic E-state index is 12.5. The summed E-state index contributed by atoms with van der Waals surface area (Å²) in [6.07, 6.45) is 7.06. The van der Waals surface area contributed by atoms with Gasteiger partial charge in [0.15, 0.2) is 0 Å². The molecule has 6 heteroatoms. The van der Waals surface area contributed by atoms with E-state index in [1.165, 1.54) is 6.42 Å². The highest BCUT2D eigenvalue weighted by molar-refractivity contribution is 7.98. The van der Waals surface area contributed by atoms with E-state index in [0.717, 1.165) is 29.8 Å². The van der Waals surface area contributed by atoms with E-state index < -0.39 is 12.0 Å². The molecule has 1 saturated carbocycles. The molecular formula is C18H24N2O3S. The van der Waals surface area contributed by atoms with Crippen molar-refractivity contribution in [2.45, 2.75) is 49.1 Å². The summed E-state index contributed by atoms with van der Waals surface area (Å²) in [4.78, 5) is 27.1. The maximum atomic E-state index is 12.5. The van der Waals surface area contributed by atoms with E-state index in [1.807, 2.05) is 35.4 Å². The highest BCUT2D eigenvalue weighted by Gasteiger charge is 2.45. The molecule has 0 radical (unpaired) electrons. The fraction of sp³-hybridized carbons (Fsp3) is 0.556. The van der Waals surface area contributed by atoms with Crippen molar-refractivity contribution in [1.29, 1.82) is 0 Å². The Morgan fingerprint density at radius 3 is 2.88 bits per heavy atom. The molecule has 2 aliphatic rings. The number of fused-ring (bicyclic) bond motifs is 1. The van der Waals surface area contributed by atoms with Crippen molar-refractivity contribution in [1.82, 2.24) is 4.90 Å². The Hall–Kier alpha value is -1.53. The molecule has 1 aromatic carbocycles. The fourth-order valence-electron chi connectivity index (χ4n) is 4.09. The molecule has 3 unspecified atom stereocenters. The van der Waals surface area contributed by atoms with Gasteiger partial charge in [-0.25, -0.2) is 0 Å².